The molecule has 0 saturated carbocycles. The minimum atomic E-state index is -1.13. The Kier molecular flexibility index (Phi) is 5.59. The van der Waals surface area contributed by atoms with Gasteiger partial charge in [-0.15, -0.1) is 0 Å². The van der Waals surface area contributed by atoms with Crippen LogP contribution < -0.4 is 10.1 Å². The van der Waals surface area contributed by atoms with Crippen LogP contribution in [-0.2, 0) is 14.3 Å². The highest BCUT2D eigenvalue weighted by molar-refractivity contribution is 6.31. The normalized spacial score (nSPS) is 11.7. The molecule has 0 spiro atoms. The lowest BCUT2D eigenvalue weighted by atomic mass is 10.3. The van der Waals surface area contributed by atoms with Gasteiger partial charge in [-0.1, -0.05) is 11.6 Å². The van der Waals surface area contributed by atoms with E-state index in [1.54, 1.807) is 12.1 Å². The van der Waals surface area contributed by atoms with E-state index in [4.69, 9.17) is 26.2 Å². The summed E-state index contributed by atoms with van der Waals surface area (Å²) < 4.78 is 9.91. The van der Waals surface area contributed by atoms with E-state index in [1.807, 2.05) is 0 Å². The maximum absolute atomic E-state index is 11.6. The smallest absolute Gasteiger partial charge is 0.332 e. The van der Waals surface area contributed by atoms with Crippen LogP contribution in [0.3, 0.4) is 0 Å². The molecule has 0 bridgehead atoms. The standard InChI is InChI=1S/C12H14ClNO5/c1-7(12(16)17)19-6-11(15)14-9-5-8(13)3-4-10(9)18-2/h3-5,7H,6H2,1-2H3,(H,14,15)(H,16,17). The van der Waals surface area contributed by atoms with Crippen molar-refractivity contribution >= 4 is 29.2 Å². The summed E-state index contributed by atoms with van der Waals surface area (Å²) in [5, 5.41) is 11.6. The third kappa shape index (κ3) is 4.76. The van der Waals surface area contributed by atoms with Crippen LogP contribution in [0, 0.1) is 0 Å². The van der Waals surface area contributed by atoms with Gasteiger partial charge in [-0.3, -0.25) is 4.79 Å². The Bertz CT molecular complexity index is 477. The molecule has 0 radical (unpaired) electrons. The Morgan fingerprint density at radius 1 is 1.47 bits per heavy atom. The Labute approximate surface area is 115 Å². The van der Waals surface area contributed by atoms with Crippen molar-refractivity contribution in [3.05, 3.63) is 23.2 Å². The lowest BCUT2D eigenvalue weighted by molar-refractivity contribution is -0.150. The number of carboxylic acid groups (broad SMARTS) is 1. The number of amides is 1. The van der Waals surface area contributed by atoms with Gasteiger partial charge >= 0.3 is 5.97 Å². The number of ether oxygens (including phenoxy) is 2. The number of halogens is 1. The van der Waals surface area contributed by atoms with E-state index in [-0.39, 0.29) is 6.61 Å². The largest absolute Gasteiger partial charge is 0.495 e. The first-order valence-corrected chi connectivity index (χ1v) is 5.79. The van der Waals surface area contributed by atoms with E-state index in [2.05, 4.69) is 5.32 Å². The van der Waals surface area contributed by atoms with Crippen molar-refractivity contribution in [2.75, 3.05) is 19.0 Å². The van der Waals surface area contributed by atoms with Crippen molar-refractivity contribution in [1.82, 2.24) is 0 Å². The summed E-state index contributed by atoms with van der Waals surface area (Å²) in [7, 11) is 1.46. The molecule has 1 unspecified atom stereocenters. The number of benzene rings is 1. The predicted molar refractivity (Wildman–Crippen MR) is 69.7 cm³/mol. The summed E-state index contributed by atoms with van der Waals surface area (Å²) in [5.41, 5.74) is 0.395. The molecular weight excluding hydrogens is 274 g/mol. The minimum absolute atomic E-state index is 0.372. The summed E-state index contributed by atoms with van der Waals surface area (Å²) in [4.78, 5) is 22.1. The Balaban J connectivity index is 2.62. The molecule has 1 aromatic carbocycles. The quantitative estimate of drug-likeness (QED) is 0.833. The van der Waals surface area contributed by atoms with Gasteiger partial charge in [-0.2, -0.15) is 0 Å². The van der Waals surface area contributed by atoms with Crippen LogP contribution >= 0.6 is 11.6 Å². The molecule has 1 aromatic rings. The predicted octanol–water partition coefficient (Wildman–Crippen LogP) is 1.78. The van der Waals surface area contributed by atoms with Crippen molar-refractivity contribution in [2.45, 2.75) is 13.0 Å². The number of anilines is 1. The Hall–Kier alpha value is -1.79. The molecule has 0 saturated heterocycles. The van der Waals surface area contributed by atoms with Crippen LogP contribution in [0.1, 0.15) is 6.92 Å². The molecule has 0 fully saturated rings. The molecule has 104 valence electrons. The van der Waals surface area contributed by atoms with Crippen LogP contribution in [0.2, 0.25) is 5.02 Å². The molecule has 0 aliphatic heterocycles. The number of nitrogens with one attached hydrogen (secondary N) is 1. The van der Waals surface area contributed by atoms with Crippen LogP contribution in [0.15, 0.2) is 18.2 Å². The summed E-state index contributed by atoms with van der Waals surface area (Å²) in [6, 6.07) is 4.76. The summed E-state index contributed by atoms with van der Waals surface area (Å²) in [5.74, 6) is -1.18. The number of carboxylic acids is 1. The van der Waals surface area contributed by atoms with Crippen LogP contribution in [0.4, 0.5) is 5.69 Å². The second-order valence-corrected chi connectivity index (χ2v) is 4.12. The fourth-order valence-corrected chi connectivity index (χ4v) is 1.41. The molecule has 7 heteroatoms. The highest BCUT2D eigenvalue weighted by atomic mass is 35.5. The molecule has 1 amide bonds. The number of aliphatic carboxylic acids is 1. The van der Waals surface area contributed by atoms with E-state index in [0.29, 0.717) is 16.5 Å². The van der Waals surface area contributed by atoms with Crippen molar-refractivity contribution in [2.24, 2.45) is 0 Å². The molecule has 0 aliphatic rings. The second-order valence-electron chi connectivity index (χ2n) is 3.68. The first kappa shape index (κ1) is 15.3. The average molecular weight is 288 g/mol. The third-order valence-electron chi connectivity index (χ3n) is 2.25. The van der Waals surface area contributed by atoms with Crippen molar-refractivity contribution in [3.63, 3.8) is 0 Å². The van der Waals surface area contributed by atoms with Gasteiger partial charge in [0.05, 0.1) is 12.8 Å². The number of hydrogen-bond donors (Lipinski definition) is 2. The van der Waals surface area contributed by atoms with Crippen molar-refractivity contribution < 1.29 is 24.2 Å². The highest BCUT2D eigenvalue weighted by Gasteiger charge is 2.14. The van der Waals surface area contributed by atoms with E-state index >= 15 is 0 Å². The van der Waals surface area contributed by atoms with Crippen molar-refractivity contribution in [3.8, 4) is 5.75 Å². The van der Waals surface area contributed by atoms with Crippen molar-refractivity contribution in [1.29, 1.82) is 0 Å². The number of rotatable bonds is 6. The average Bonchev–Trinajstić information content (AvgIpc) is 2.36. The SMILES string of the molecule is COc1ccc(Cl)cc1NC(=O)COC(C)C(=O)O. The Morgan fingerprint density at radius 2 is 2.16 bits per heavy atom. The zero-order valence-corrected chi connectivity index (χ0v) is 11.2. The molecule has 2 N–H and O–H groups in total. The van der Waals surface area contributed by atoms with Crippen LogP contribution in [-0.4, -0.2) is 36.8 Å². The highest BCUT2D eigenvalue weighted by Crippen LogP contribution is 2.27. The topological polar surface area (TPSA) is 84.9 Å². The van der Waals surface area contributed by atoms with E-state index in [0.717, 1.165) is 0 Å². The molecule has 0 aliphatic carbocycles. The lowest BCUT2D eigenvalue weighted by Gasteiger charge is -2.12. The fraction of sp³-hybridized carbons (Fsp3) is 0.333. The Morgan fingerprint density at radius 3 is 2.74 bits per heavy atom. The van der Waals surface area contributed by atoms with Gasteiger partial charge in [0.25, 0.3) is 5.91 Å². The molecule has 6 nitrogen and oxygen atoms in total. The summed E-state index contributed by atoms with van der Waals surface area (Å²) in [6.45, 7) is 0.971. The van der Waals surface area contributed by atoms with Gasteiger partial charge < -0.3 is 19.9 Å². The van der Waals surface area contributed by atoms with Crippen LogP contribution in [0.5, 0.6) is 5.75 Å². The van der Waals surface area contributed by atoms with E-state index < -0.39 is 18.0 Å². The zero-order valence-electron chi connectivity index (χ0n) is 10.5. The maximum atomic E-state index is 11.6. The molecule has 19 heavy (non-hydrogen) atoms. The van der Waals surface area contributed by atoms with Gasteiger partial charge in [-0.05, 0) is 25.1 Å². The molecular formula is C12H14ClNO5. The van der Waals surface area contributed by atoms with Gasteiger partial charge in [-0.25, -0.2) is 4.79 Å². The molecule has 0 aromatic heterocycles. The maximum Gasteiger partial charge on any atom is 0.332 e. The summed E-state index contributed by atoms with van der Waals surface area (Å²) in [6.07, 6.45) is -1.05. The molecule has 1 atom stereocenters. The van der Waals surface area contributed by atoms with Gasteiger partial charge in [0.15, 0.2) is 6.10 Å². The number of hydrogen-bond acceptors (Lipinski definition) is 4. The minimum Gasteiger partial charge on any atom is -0.495 e. The first-order valence-electron chi connectivity index (χ1n) is 5.42. The zero-order chi connectivity index (χ0) is 14.4. The van der Waals surface area contributed by atoms with Crippen LogP contribution in [0.25, 0.3) is 0 Å². The van der Waals surface area contributed by atoms with Gasteiger partial charge in [0.1, 0.15) is 12.4 Å². The van der Waals surface area contributed by atoms with E-state index in [1.165, 1.54) is 20.1 Å². The van der Waals surface area contributed by atoms with E-state index in [9.17, 15) is 9.59 Å². The monoisotopic (exact) mass is 287 g/mol. The van der Waals surface area contributed by atoms with Gasteiger partial charge in [0.2, 0.25) is 0 Å². The number of methoxy groups -OCH3 is 1. The first-order chi connectivity index (χ1) is 8.93. The molecule has 1 rings (SSSR count). The molecule has 0 heterocycles. The number of carbonyl (C=O) groups excluding carboxylic acids is 1. The fourth-order valence-electron chi connectivity index (χ4n) is 1.24. The lowest BCUT2D eigenvalue weighted by Crippen LogP contribution is -2.26. The second kappa shape index (κ2) is 6.96. The third-order valence-corrected chi connectivity index (χ3v) is 2.48. The van der Waals surface area contributed by atoms with Gasteiger partial charge in [0, 0.05) is 5.02 Å². The summed E-state index contributed by atoms with van der Waals surface area (Å²) >= 11 is 5.81. The number of carbonyl (C=O) groups is 2.